The molecule has 1 atom stereocenters. The van der Waals surface area contributed by atoms with Crippen LogP contribution in [0.3, 0.4) is 0 Å². The summed E-state index contributed by atoms with van der Waals surface area (Å²) in [6, 6.07) is 6.36. The van der Waals surface area contributed by atoms with E-state index >= 15 is 0 Å². The van der Waals surface area contributed by atoms with Crippen molar-refractivity contribution in [1.29, 1.82) is 21.0 Å². The molecule has 114 valence electrons. The maximum atomic E-state index is 11.2. The Bertz CT molecular complexity index is 557. The van der Waals surface area contributed by atoms with Crippen LogP contribution >= 0.6 is 0 Å². The average Bonchev–Trinajstić information content (AvgIpc) is 2.53. The van der Waals surface area contributed by atoms with Crippen LogP contribution in [0, 0.1) is 56.7 Å². The maximum Gasteiger partial charge on any atom is 0.333 e. The minimum Gasteiger partial charge on any atom is -0.461 e. The molecule has 0 radical (unpaired) electrons. The number of esters is 1. The van der Waals surface area contributed by atoms with Gasteiger partial charge in [-0.2, -0.15) is 21.0 Å². The van der Waals surface area contributed by atoms with Gasteiger partial charge in [0.1, 0.15) is 6.61 Å². The van der Waals surface area contributed by atoms with E-state index in [9.17, 15) is 15.3 Å². The van der Waals surface area contributed by atoms with E-state index < -0.39 is 23.3 Å². The quantitative estimate of drug-likeness (QED) is 0.404. The first kappa shape index (κ1) is 19.1. The Morgan fingerprint density at radius 2 is 1.82 bits per heavy atom. The second-order valence-electron chi connectivity index (χ2n) is 4.63. The van der Waals surface area contributed by atoms with Crippen molar-refractivity contribution in [2.75, 3.05) is 13.2 Å². The van der Waals surface area contributed by atoms with Gasteiger partial charge >= 0.3 is 5.97 Å². The molecule has 0 aliphatic carbocycles. The molecule has 0 rings (SSSR count). The topological polar surface area (TPSA) is 133 Å². The van der Waals surface area contributed by atoms with Gasteiger partial charge in [-0.25, -0.2) is 4.79 Å². The molecule has 0 aromatic rings. The van der Waals surface area contributed by atoms with E-state index in [1.807, 2.05) is 12.1 Å². The van der Waals surface area contributed by atoms with Crippen molar-refractivity contribution < 1.29 is 9.53 Å². The van der Waals surface area contributed by atoms with Crippen molar-refractivity contribution in [3.05, 3.63) is 12.2 Å². The van der Waals surface area contributed by atoms with E-state index in [0.29, 0.717) is 0 Å². The predicted octanol–water partition coefficient (Wildman–Crippen LogP) is 1.17. The van der Waals surface area contributed by atoms with E-state index in [1.54, 1.807) is 19.1 Å². The zero-order chi connectivity index (χ0) is 17.2. The molecule has 0 amide bonds. The van der Waals surface area contributed by atoms with Crippen molar-refractivity contribution >= 4 is 5.97 Å². The molecule has 0 fully saturated rings. The lowest BCUT2D eigenvalue weighted by molar-refractivity contribution is -0.138. The SMILES string of the molecule is C=C(C)C(=O)OCCNC(C(C#N)C#N)C(C#N)(C#N)CC. The van der Waals surface area contributed by atoms with Gasteiger partial charge in [0.15, 0.2) is 11.3 Å². The molecule has 0 bridgehead atoms. The van der Waals surface area contributed by atoms with E-state index in [2.05, 4.69) is 11.9 Å². The Labute approximate surface area is 130 Å². The van der Waals surface area contributed by atoms with Crippen molar-refractivity contribution in [2.24, 2.45) is 11.3 Å². The summed E-state index contributed by atoms with van der Waals surface area (Å²) in [4.78, 5) is 11.2. The highest BCUT2D eigenvalue weighted by Gasteiger charge is 2.43. The first-order valence-electron chi connectivity index (χ1n) is 6.60. The molecule has 7 heteroatoms. The van der Waals surface area contributed by atoms with Gasteiger partial charge in [-0.3, -0.25) is 0 Å². The first-order valence-corrected chi connectivity index (χ1v) is 6.60. The number of nitrogens with zero attached hydrogens (tertiary/aromatic N) is 4. The Morgan fingerprint density at radius 1 is 1.27 bits per heavy atom. The van der Waals surface area contributed by atoms with Gasteiger partial charge in [-0.1, -0.05) is 13.5 Å². The van der Waals surface area contributed by atoms with Gasteiger partial charge in [0.25, 0.3) is 0 Å². The van der Waals surface area contributed by atoms with Gasteiger partial charge in [-0.15, -0.1) is 0 Å². The third-order valence-electron chi connectivity index (χ3n) is 3.15. The normalized spacial score (nSPS) is 11.4. The molecule has 0 aliphatic rings. The summed E-state index contributed by atoms with van der Waals surface area (Å²) in [6.45, 7) is 6.66. The number of ether oxygens (including phenoxy) is 1. The summed E-state index contributed by atoms with van der Waals surface area (Å²) in [7, 11) is 0. The van der Waals surface area contributed by atoms with Crippen molar-refractivity contribution in [1.82, 2.24) is 5.32 Å². The van der Waals surface area contributed by atoms with Gasteiger partial charge in [-0.05, 0) is 13.3 Å². The van der Waals surface area contributed by atoms with Crippen molar-refractivity contribution in [3.8, 4) is 24.3 Å². The lowest BCUT2D eigenvalue weighted by Gasteiger charge is -2.29. The molecule has 0 spiro atoms. The summed E-state index contributed by atoms with van der Waals surface area (Å²) >= 11 is 0. The molecular weight excluding hydrogens is 282 g/mol. The molecule has 0 saturated carbocycles. The van der Waals surface area contributed by atoms with E-state index in [4.69, 9.17) is 15.3 Å². The standard InChI is InChI=1S/C15H17N5O2/c1-4-15(9-18,10-19)13(12(7-16)8-17)20-5-6-22-14(21)11(2)3/h12-13,20H,2,4-6H2,1,3H3. The van der Waals surface area contributed by atoms with Crippen LogP contribution in [0.25, 0.3) is 0 Å². The van der Waals surface area contributed by atoms with Crippen LogP contribution in [0.15, 0.2) is 12.2 Å². The van der Waals surface area contributed by atoms with Crippen LogP contribution in [0.5, 0.6) is 0 Å². The molecule has 1 unspecified atom stereocenters. The molecule has 7 nitrogen and oxygen atoms in total. The minimum absolute atomic E-state index is 0.0254. The molecule has 0 heterocycles. The first-order chi connectivity index (χ1) is 10.4. The second-order valence-corrected chi connectivity index (χ2v) is 4.63. The predicted molar refractivity (Wildman–Crippen MR) is 76.2 cm³/mol. The molecule has 1 N–H and O–H groups in total. The summed E-state index contributed by atoms with van der Waals surface area (Å²) in [5, 5.41) is 39.4. The van der Waals surface area contributed by atoms with Crippen LogP contribution in [-0.4, -0.2) is 25.2 Å². The number of carbonyl (C=O) groups excluding carboxylic acids is 1. The Hall–Kier alpha value is -2.87. The van der Waals surface area contributed by atoms with Gasteiger partial charge in [0, 0.05) is 12.1 Å². The largest absolute Gasteiger partial charge is 0.461 e. The highest BCUT2D eigenvalue weighted by molar-refractivity contribution is 5.86. The fourth-order valence-corrected chi connectivity index (χ4v) is 1.78. The molecular formula is C15H17N5O2. The Morgan fingerprint density at radius 3 is 2.18 bits per heavy atom. The minimum atomic E-state index is -1.51. The Kier molecular flexibility index (Phi) is 7.94. The fourth-order valence-electron chi connectivity index (χ4n) is 1.78. The van der Waals surface area contributed by atoms with E-state index in [0.717, 1.165) is 0 Å². The highest BCUT2D eigenvalue weighted by Crippen LogP contribution is 2.29. The number of nitrogens with one attached hydrogen (secondary N) is 1. The monoisotopic (exact) mass is 299 g/mol. The summed E-state index contributed by atoms with van der Waals surface area (Å²) in [6.07, 6.45) is 0.156. The number of rotatable bonds is 8. The second kappa shape index (κ2) is 9.14. The summed E-state index contributed by atoms with van der Waals surface area (Å²) in [5.41, 5.74) is -1.26. The van der Waals surface area contributed by atoms with Crippen LogP contribution in [0.2, 0.25) is 0 Å². The van der Waals surface area contributed by atoms with Gasteiger partial charge < -0.3 is 10.1 Å². The van der Waals surface area contributed by atoms with Crippen LogP contribution in [0.4, 0.5) is 0 Å². The van der Waals surface area contributed by atoms with E-state index in [1.165, 1.54) is 6.92 Å². The lowest BCUT2D eigenvalue weighted by Crippen LogP contribution is -2.49. The third-order valence-corrected chi connectivity index (χ3v) is 3.15. The zero-order valence-electron chi connectivity index (χ0n) is 12.6. The smallest absolute Gasteiger partial charge is 0.333 e. The number of hydrogen-bond donors (Lipinski definition) is 1. The van der Waals surface area contributed by atoms with Crippen molar-refractivity contribution in [2.45, 2.75) is 26.3 Å². The molecule has 0 aromatic heterocycles. The van der Waals surface area contributed by atoms with Crippen molar-refractivity contribution in [3.63, 3.8) is 0 Å². The molecule has 22 heavy (non-hydrogen) atoms. The molecule has 0 aromatic carbocycles. The van der Waals surface area contributed by atoms with E-state index in [-0.39, 0.29) is 25.1 Å². The maximum absolute atomic E-state index is 11.2. The third kappa shape index (κ3) is 4.60. The molecule has 0 saturated heterocycles. The van der Waals surface area contributed by atoms with Gasteiger partial charge in [0.05, 0.1) is 30.3 Å². The number of carbonyl (C=O) groups is 1. The zero-order valence-corrected chi connectivity index (χ0v) is 12.6. The lowest BCUT2D eigenvalue weighted by atomic mass is 9.75. The van der Waals surface area contributed by atoms with Gasteiger partial charge in [0.2, 0.25) is 0 Å². The summed E-state index contributed by atoms with van der Waals surface area (Å²) < 4.78 is 4.88. The Balaban J connectivity index is 5.01. The molecule has 0 aliphatic heterocycles. The summed E-state index contributed by atoms with van der Waals surface area (Å²) in [5.74, 6) is -1.73. The number of hydrogen-bond acceptors (Lipinski definition) is 7. The van der Waals surface area contributed by atoms with Crippen LogP contribution in [0.1, 0.15) is 20.3 Å². The van der Waals surface area contributed by atoms with Crippen LogP contribution < -0.4 is 5.32 Å². The fraction of sp³-hybridized carbons (Fsp3) is 0.533. The number of nitriles is 4. The van der Waals surface area contributed by atoms with Crippen LogP contribution in [-0.2, 0) is 9.53 Å². The average molecular weight is 299 g/mol. The highest BCUT2D eigenvalue weighted by atomic mass is 16.5.